The van der Waals surface area contributed by atoms with Crippen molar-refractivity contribution in [1.82, 2.24) is 9.34 Å². The fraction of sp³-hybridized carbons (Fsp3) is 0.511. The predicted octanol–water partition coefficient (Wildman–Crippen LogP) is 9.86. The van der Waals surface area contributed by atoms with Crippen molar-refractivity contribution in [3.63, 3.8) is 0 Å². The Hall–Kier alpha value is -1.14. The molecular formula is C45H64BFeN2O3P2S+. The van der Waals surface area contributed by atoms with Gasteiger partial charge in [0.2, 0.25) is 0 Å². The molecule has 5 atom stereocenters. The minimum Gasteiger partial charge on any atom is -0.387 e. The van der Waals surface area contributed by atoms with Crippen LogP contribution in [0.4, 0.5) is 0 Å². The van der Waals surface area contributed by atoms with Crippen LogP contribution in [0.3, 0.4) is 0 Å². The van der Waals surface area contributed by atoms with Crippen LogP contribution in [0.25, 0.3) is 10.1 Å². The summed E-state index contributed by atoms with van der Waals surface area (Å²) in [4.78, 5) is 1.14. The number of rotatable bonds is 12. The van der Waals surface area contributed by atoms with Crippen molar-refractivity contribution in [2.45, 2.75) is 101 Å². The molecule has 0 bridgehead atoms. The summed E-state index contributed by atoms with van der Waals surface area (Å²) in [5.74, 6) is 0.0936. The molecular weight excluding hydrogens is 777 g/mol. The molecule has 8 rings (SSSR count). The maximum Gasteiger partial charge on any atom is 2.00 e. The number of ether oxygens (including phenoxy) is 2. The van der Waals surface area contributed by atoms with E-state index in [-0.39, 0.29) is 43.5 Å². The van der Waals surface area contributed by atoms with E-state index in [1.807, 2.05) is 14.2 Å². The van der Waals surface area contributed by atoms with Gasteiger partial charge in [-0.15, -0.1) is 11.3 Å². The molecule has 2 radical (unpaired) electrons. The van der Waals surface area contributed by atoms with Crippen LogP contribution in [0.2, 0.25) is 0 Å². The van der Waals surface area contributed by atoms with E-state index in [0.717, 1.165) is 62.9 Å². The molecule has 3 aromatic carbocycles. The van der Waals surface area contributed by atoms with Gasteiger partial charge >= 0.3 is 24.6 Å². The Kier molecular flexibility index (Phi) is 18.9. The number of aliphatic hydroxyl groups excluding tert-OH is 1. The van der Waals surface area contributed by atoms with E-state index in [0.29, 0.717) is 25.3 Å². The number of nitrogens with zero attached hydrogens (tertiary/aromatic N) is 2. The second kappa shape index (κ2) is 22.3. The van der Waals surface area contributed by atoms with Crippen LogP contribution >= 0.6 is 26.7 Å². The van der Waals surface area contributed by atoms with Crippen LogP contribution < -0.4 is 15.9 Å². The molecule has 10 heteroatoms. The summed E-state index contributed by atoms with van der Waals surface area (Å²) >= 11 is 1.80. The van der Waals surface area contributed by atoms with Crippen LogP contribution in [0.15, 0.2) is 84.9 Å². The van der Waals surface area contributed by atoms with Crippen LogP contribution in [0.1, 0.15) is 88.0 Å². The van der Waals surface area contributed by atoms with E-state index in [4.69, 9.17) is 17.0 Å². The Balaban J connectivity index is 0.000000780. The standard InChI is InChI=1S/C38H48BN2O3P2S.C5H10.2CH3.Fe/c1-43-26-28-14-12-24-40(28)46(39,41-25-13-15-29(41)27-44-2)34-22-11-21-32(34)36(42)38-37(33-20-9-10-23-35(33)47-38)45(30-16-5-3-6-17-30)31-18-7-4-8-19-31;1-2-4-5-3-1;;;/h3-10,16-20,23,28-29,32,34,36,42H,11-15,21-22,24-27H2,1-2H3;1-5H2;2*1H3;/q+1;;2*-1;+2/t28-,29-,32?,34?,36+;;;;/m0..../s1. The molecule has 2 aliphatic carbocycles. The van der Waals surface area contributed by atoms with E-state index in [1.165, 1.54) is 58.1 Å². The number of hydrogen-bond acceptors (Lipinski definition) is 6. The van der Waals surface area contributed by atoms with Crippen LogP contribution in [0.5, 0.6) is 0 Å². The molecule has 5 nitrogen and oxygen atoms in total. The molecule has 298 valence electrons. The van der Waals surface area contributed by atoms with Crippen molar-refractivity contribution in [3.05, 3.63) is 105 Å². The fourth-order valence-electron chi connectivity index (χ4n) is 9.67. The smallest absolute Gasteiger partial charge is 0.387 e. The van der Waals surface area contributed by atoms with Gasteiger partial charge in [0.1, 0.15) is 7.44 Å². The van der Waals surface area contributed by atoms with Crippen molar-refractivity contribution in [2.24, 2.45) is 5.92 Å². The van der Waals surface area contributed by atoms with Gasteiger partial charge in [0, 0.05) is 53.5 Å². The van der Waals surface area contributed by atoms with Gasteiger partial charge in [-0.1, -0.05) is 111 Å². The van der Waals surface area contributed by atoms with Gasteiger partial charge in [0.05, 0.1) is 37.1 Å². The SMILES string of the molecule is C1CCCC1.[B][P+](C1CCCC1[C@@H](O)c1sc2ccccc2c1P(c1ccccc1)c1ccccc1)(N1CCC[C@H]1COC)N1CCC[C@H]1COC.[CH3-].[CH3-].[Fe+2]. The predicted molar refractivity (Wildman–Crippen MR) is 238 cm³/mol. The summed E-state index contributed by atoms with van der Waals surface area (Å²) in [7, 11) is 8.47. The van der Waals surface area contributed by atoms with Crippen LogP contribution in [-0.4, -0.2) is 80.3 Å². The summed E-state index contributed by atoms with van der Waals surface area (Å²) in [6.07, 6.45) is 14.6. The van der Waals surface area contributed by atoms with Gasteiger partial charge in [0.15, 0.2) is 0 Å². The summed E-state index contributed by atoms with van der Waals surface area (Å²) in [6, 6.07) is 31.3. The van der Waals surface area contributed by atoms with E-state index >= 15 is 0 Å². The zero-order valence-corrected chi connectivity index (χ0v) is 37.4. The van der Waals surface area contributed by atoms with Crippen molar-refractivity contribution < 1.29 is 31.6 Å². The molecule has 1 N–H and O–H groups in total. The Morgan fingerprint density at radius 1 is 0.709 bits per heavy atom. The molecule has 0 spiro atoms. The zero-order chi connectivity index (χ0) is 35.9. The quantitative estimate of drug-likeness (QED) is 0.0875. The molecule has 3 heterocycles. The summed E-state index contributed by atoms with van der Waals surface area (Å²) in [6.45, 7) is 3.44. The maximum absolute atomic E-state index is 12.9. The molecule has 2 unspecified atom stereocenters. The normalized spacial score (nSPS) is 23.5. The van der Waals surface area contributed by atoms with Gasteiger partial charge in [-0.25, -0.2) is 0 Å². The maximum atomic E-state index is 12.9. The minimum atomic E-state index is -2.35. The van der Waals surface area contributed by atoms with Gasteiger partial charge in [-0.2, -0.15) is 9.34 Å². The molecule has 2 saturated heterocycles. The molecule has 1 aromatic heterocycles. The average Bonchev–Trinajstić information content (AvgIpc) is 4.04. The average molecular weight is 842 g/mol. The van der Waals surface area contributed by atoms with Gasteiger partial charge in [-0.3, -0.25) is 0 Å². The Morgan fingerprint density at radius 3 is 1.71 bits per heavy atom. The van der Waals surface area contributed by atoms with Gasteiger partial charge in [0.25, 0.3) is 0 Å². The monoisotopic (exact) mass is 841 g/mol. The van der Waals surface area contributed by atoms with Crippen LogP contribution in [-0.2, 0) is 26.5 Å². The molecule has 2 aliphatic heterocycles. The van der Waals surface area contributed by atoms with Crippen molar-refractivity contribution in [2.75, 3.05) is 40.5 Å². The Morgan fingerprint density at radius 2 is 1.20 bits per heavy atom. The first-order chi connectivity index (χ1) is 25.6. The number of methoxy groups -OCH3 is 2. The molecule has 0 amide bonds. The topological polar surface area (TPSA) is 45.2 Å². The summed E-state index contributed by atoms with van der Waals surface area (Å²) < 4.78 is 18.2. The first-order valence-corrected chi connectivity index (χ1v) is 23.8. The number of aliphatic hydroxyl groups is 1. The van der Waals surface area contributed by atoms with E-state index in [1.54, 1.807) is 11.3 Å². The number of thiophene rings is 1. The van der Waals surface area contributed by atoms with Crippen molar-refractivity contribution >= 4 is 60.3 Å². The summed E-state index contributed by atoms with van der Waals surface area (Å²) in [5, 5.41) is 18.1. The van der Waals surface area contributed by atoms with Gasteiger partial charge in [-0.05, 0) is 69.5 Å². The molecule has 55 heavy (non-hydrogen) atoms. The third kappa shape index (κ3) is 10.0. The van der Waals surface area contributed by atoms with Gasteiger partial charge < -0.3 is 29.4 Å². The van der Waals surface area contributed by atoms with E-state index < -0.39 is 21.5 Å². The molecule has 4 aliphatic rings. The fourth-order valence-corrected chi connectivity index (χ4v) is 18.7. The Labute approximate surface area is 351 Å². The molecule has 4 fully saturated rings. The van der Waals surface area contributed by atoms with Crippen molar-refractivity contribution in [3.8, 4) is 0 Å². The second-order valence-corrected chi connectivity index (χ2v) is 21.5. The number of hydrogen-bond donors (Lipinski definition) is 1. The van der Waals surface area contributed by atoms with E-state index in [9.17, 15) is 5.11 Å². The third-order valence-corrected chi connectivity index (χ3v) is 20.3. The molecule has 4 aromatic rings. The largest absolute Gasteiger partial charge is 2.00 e. The second-order valence-electron chi connectivity index (χ2n) is 15.2. The van der Waals surface area contributed by atoms with Crippen LogP contribution in [0, 0.1) is 20.8 Å². The first kappa shape index (κ1) is 46.6. The number of fused-ring (bicyclic) bond motifs is 1. The number of benzene rings is 3. The molecule has 2 saturated carbocycles. The first-order valence-electron chi connectivity index (χ1n) is 19.8. The zero-order valence-electron chi connectivity index (χ0n) is 33.7. The Bertz CT molecular complexity index is 1630. The van der Waals surface area contributed by atoms with E-state index in [2.05, 4.69) is 94.3 Å². The third-order valence-electron chi connectivity index (χ3n) is 12.0. The van der Waals surface area contributed by atoms with Crippen molar-refractivity contribution in [1.29, 1.82) is 0 Å². The summed E-state index contributed by atoms with van der Waals surface area (Å²) in [5.41, 5.74) is 0.227. The minimum absolute atomic E-state index is 0.